The van der Waals surface area contributed by atoms with Crippen molar-refractivity contribution >= 4 is 21.6 Å². The van der Waals surface area contributed by atoms with Crippen LogP contribution in [0.2, 0.25) is 0 Å². The highest BCUT2D eigenvalue weighted by atomic mass is 32.2. The maximum absolute atomic E-state index is 13.5. The molecule has 0 aliphatic heterocycles. The summed E-state index contributed by atoms with van der Waals surface area (Å²) in [7, 11) is -3.60. The van der Waals surface area contributed by atoms with E-state index in [1.165, 1.54) is 6.20 Å². The third kappa shape index (κ3) is 5.04. The summed E-state index contributed by atoms with van der Waals surface area (Å²) in [4.78, 5) is 34.6. The van der Waals surface area contributed by atoms with Crippen molar-refractivity contribution in [2.24, 2.45) is 0 Å². The minimum absolute atomic E-state index is 0.260. The number of nitrogens with one attached hydrogen (secondary N) is 1. The van der Waals surface area contributed by atoms with Crippen molar-refractivity contribution in [3.63, 3.8) is 0 Å². The molecule has 11 heteroatoms. The second-order valence-electron chi connectivity index (χ2n) is 8.20. The van der Waals surface area contributed by atoms with Gasteiger partial charge in [-0.05, 0) is 38.0 Å². The molecule has 1 N–H and O–H groups in total. The van der Waals surface area contributed by atoms with Gasteiger partial charge in [-0.2, -0.15) is 0 Å². The van der Waals surface area contributed by atoms with Crippen molar-refractivity contribution in [3.8, 4) is 17.1 Å². The predicted octanol–water partition coefficient (Wildman–Crippen LogP) is 2.97. The first-order chi connectivity index (χ1) is 16.3. The molecule has 0 unspecified atom stereocenters. The molecule has 3 aromatic heterocycles. The van der Waals surface area contributed by atoms with Crippen LogP contribution in [0.1, 0.15) is 44.7 Å². The minimum Gasteiger partial charge on any atom is -0.477 e. The lowest BCUT2D eigenvalue weighted by Gasteiger charge is -2.35. The topological polar surface area (TPSA) is 137 Å². The average Bonchev–Trinajstić information content (AvgIpc) is 2.85. The largest absolute Gasteiger partial charge is 0.477 e. The lowest BCUT2D eigenvalue weighted by atomic mass is 9.71. The summed E-state index contributed by atoms with van der Waals surface area (Å²) in [5.41, 5.74) is 0.806. The Morgan fingerprint density at radius 1 is 1.06 bits per heavy atom. The van der Waals surface area contributed by atoms with Gasteiger partial charge in [0.15, 0.2) is 0 Å². The molecule has 0 bridgehead atoms. The summed E-state index contributed by atoms with van der Waals surface area (Å²) >= 11 is 0. The summed E-state index contributed by atoms with van der Waals surface area (Å²) in [6.07, 6.45) is 11.0. The molecule has 1 fully saturated rings. The molecule has 3 aromatic rings. The van der Waals surface area contributed by atoms with Crippen LogP contribution >= 0.6 is 0 Å². The van der Waals surface area contributed by atoms with Crippen molar-refractivity contribution in [3.05, 3.63) is 48.7 Å². The Bertz CT molecular complexity index is 1270. The van der Waals surface area contributed by atoms with E-state index in [2.05, 4.69) is 30.2 Å². The van der Waals surface area contributed by atoms with E-state index in [-0.39, 0.29) is 11.1 Å². The Balaban J connectivity index is 1.59. The molecule has 34 heavy (non-hydrogen) atoms. The average molecular weight is 483 g/mol. The number of anilines is 1. The van der Waals surface area contributed by atoms with E-state index in [1.807, 2.05) is 6.92 Å². The van der Waals surface area contributed by atoms with Gasteiger partial charge in [-0.3, -0.25) is 9.78 Å². The Kier molecular flexibility index (Phi) is 6.82. The van der Waals surface area contributed by atoms with Crippen molar-refractivity contribution in [1.29, 1.82) is 0 Å². The number of sulfone groups is 1. The lowest BCUT2D eigenvalue weighted by molar-refractivity contribution is -0.123. The van der Waals surface area contributed by atoms with Crippen LogP contribution in [0.3, 0.4) is 0 Å². The van der Waals surface area contributed by atoms with Crippen LogP contribution in [-0.2, 0) is 20.0 Å². The Morgan fingerprint density at radius 3 is 2.53 bits per heavy atom. The number of ether oxygens (including phenoxy) is 1. The number of nitrogens with zero attached hydrogens (tertiary/aromatic N) is 5. The zero-order valence-electron chi connectivity index (χ0n) is 19.1. The van der Waals surface area contributed by atoms with Gasteiger partial charge in [0.1, 0.15) is 5.82 Å². The van der Waals surface area contributed by atoms with Crippen molar-refractivity contribution in [2.75, 3.05) is 18.2 Å². The first kappa shape index (κ1) is 23.7. The number of carbonyl (C=O) groups is 1. The highest BCUT2D eigenvalue weighted by Crippen LogP contribution is 2.39. The van der Waals surface area contributed by atoms with Gasteiger partial charge in [0.2, 0.25) is 26.8 Å². The van der Waals surface area contributed by atoms with Gasteiger partial charge < -0.3 is 10.1 Å². The maximum Gasteiger partial charge on any atom is 0.247 e. The van der Waals surface area contributed by atoms with Gasteiger partial charge in [-0.1, -0.05) is 19.3 Å². The molecule has 10 nitrogen and oxygen atoms in total. The molecular formula is C23H26N6O4S. The van der Waals surface area contributed by atoms with Crippen LogP contribution in [0.15, 0.2) is 48.1 Å². The third-order valence-corrected chi connectivity index (χ3v) is 6.66. The normalized spacial score (nSPS) is 15.5. The van der Waals surface area contributed by atoms with E-state index in [4.69, 9.17) is 4.74 Å². The molecule has 0 saturated heterocycles. The first-order valence-electron chi connectivity index (χ1n) is 11.1. The molecule has 0 radical (unpaired) electrons. The summed E-state index contributed by atoms with van der Waals surface area (Å²) < 4.78 is 29.4. The number of hydrogen-bond acceptors (Lipinski definition) is 9. The van der Waals surface area contributed by atoms with E-state index < -0.39 is 15.3 Å². The SMILES string of the molecule is CCOc1cncc(-c2ccc(NC(=O)C3(c4ccnc(S(C)(=O)=O)n4)CCCCC3)nc2)n1. The number of hydrogen-bond donors (Lipinski definition) is 1. The molecule has 0 atom stereocenters. The molecule has 178 valence electrons. The second kappa shape index (κ2) is 9.80. The fourth-order valence-corrected chi connectivity index (χ4v) is 4.62. The van der Waals surface area contributed by atoms with Gasteiger partial charge >= 0.3 is 0 Å². The fourth-order valence-electron chi connectivity index (χ4n) is 4.10. The molecule has 1 aliphatic carbocycles. The van der Waals surface area contributed by atoms with Crippen LogP contribution in [-0.4, -0.2) is 52.1 Å². The van der Waals surface area contributed by atoms with Crippen LogP contribution in [0.25, 0.3) is 11.3 Å². The zero-order chi connectivity index (χ0) is 24.2. The maximum atomic E-state index is 13.5. The fraction of sp³-hybridized carbons (Fsp3) is 0.391. The lowest BCUT2D eigenvalue weighted by Crippen LogP contribution is -2.43. The van der Waals surface area contributed by atoms with Gasteiger partial charge in [-0.25, -0.2) is 28.4 Å². The van der Waals surface area contributed by atoms with Crippen LogP contribution in [0, 0.1) is 0 Å². The smallest absolute Gasteiger partial charge is 0.247 e. The van der Waals surface area contributed by atoms with Crippen molar-refractivity contribution in [2.45, 2.75) is 49.6 Å². The van der Waals surface area contributed by atoms with E-state index in [1.54, 1.807) is 36.8 Å². The molecule has 0 spiro atoms. The quantitative estimate of drug-likeness (QED) is 0.504. The second-order valence-corrected chi connectivity index (χ2v) is 10.1. The summed E-state index contributed by atoms with van der Waals surface area (Å²) in [6.45, 7) is 2.36. The molecule has 0 aromatic carbocycles. The van der Waals surface area contributed by atoms with Crippen LogP contribution in [0.4, 0.5) is 5.82 Å². The number of aromatic nitrogens is 5. The van der Waals surface area contributed by atoms with E-state index in [0.717, 1.165) is 31.1 Å². The Labute approximate surface area is 198 Å². The molecule has 3 heterocycles. The molecule has 1 aliphatic rings. The molecule has 1 saturated carbocycles. The minimum atomic E-state index is -3.60. The summed E-state index contributed by atoms with van der Waals surface area (Å²) in [5, 5.41) is 2.62. The van der Waals surface area contributed by atoms with Gasteiger partial charge in [0.25, 0.3) is 0 Å². The highest BCUT2D eigenvalue weighted by Gasteiger charge is 2.43. The predicted molar refractivity (Wildman–Crippen MR) is 125 cm³/mol. The number of rotatable bonds is 7. The monoisotopic (exact) mass is 482 g/mol. The Hall–Kier alpha value is -3.47. The standard InChI is InChI=1S/C23H26N6O4S/c1-3-33-20-15-24-14-17(27-20)16-7-8-19(26-13-16)29-21(30)23(10-5-4-6-11-23)18-9-12-25-22(28-18)34(2,31)32/h7-9,12-15H,3-6,10-11H2,1-2H3,(H,26,29,30). The Morgan fingerprint density at radius 2 is 1.85 bits per heavy atom. The third-order valence-electron chi connectivity index (χ3n) is 5.80. The molecular weight excluding hydrogens is 456 g/mol. The first-order valence-corrected chi connectivity index (χ1v) is 13.0. The van der Waals surface area contributed by atoms with Gasteiger partial charge in [0, 0.05) is 24.2 Å². The number of pyridine rings is 1. The van der Waals surface area contributed by atoms with Crippen molar-refractivity contribution < 1.29 is 17.9 Å². The molecule has 4 rings (SSSR count). The van der Waals surface area contributed by atoms with Crippen molar-refractivity contribution in [1.82, 2.24) is 24.9 Å². The summed E-state index contributed by atoms with van der Waals surface area (Å²) in [6, 6.07) is 5.11. The summed E-state index contributed by atoms with van der Waals surface area (Å²) in [5.74, 6) is 0.545. The number of carbonyl (C=O) groups excluding carboxylic acids is 1. The number of amides is 1. The molecule has 1 amide bonds. The van der Waals surface area contributed by atoms with E-state index in [9.17, 15) is 13.2 Å². The zero-order valence-corrected chi connectivity index (χ0v) is 19.9. The van der Waals surface area contributed by atoms with Gasteiger partial charge in [0.05, 0.1) is 35.8 Å². The van der Waals surface area contributed by atoms with E-state index in [0.29, 0.717) is 42.5 Å². The van der Waals surface area contributed by atoms with Crippen LogP contribution < -0.4 is 10.1 Å². The van der Waals surface area contributed by atoms with Crippen LogP contribution in [0.5, 0.6) is 5.88 Å². The highest BCUT2D eigenvalue weighted by molar-refractivity contribution is 7.90. The van der Waals surface area contributed by atoms with E-state index >= 15 is 0 Å². The van der Waals surface area contributed by atoms with Gasteiger partial charge in [-0.15, -0.1) is 0 Å².